The Hall–Kier alpha value is -3.65. The van der Waals surface area contributed by atoms with Gasteiger partial charge < -0.3 is 9.47 Å². The Kier molecular flexibility index (Phi) is 6.48. The number of nitrogens with zero attached hydrogens (tertiary/aromatic N) is 3. The third kappa shape index (κ3) is 4.84. The summed E-state index contributed by atoms with van der Waals surface area (Å²) in [5.74, 6) is 0.751. The van der Waals surface area contributed by atoms with Gasteiger partial charge in [0.1, 0.15) is 23.8 Å². The maximum absolute atomic E-state index is 12.3. The lowest BCUT2D eigenvalue weighted by Crippen LogP contribution is -2.03. The van der Waals surface area contributed by atoms with Crippen molar-refractivity contribution in [3.05, 3.63) is 86.7 Å². The fraction of sp³-hybridized carbons (Fsp3) is 0.143. The first-order valence-electron chi connectivity index (χ1n) is 8.83. The molecule has 154 valence electrons. The van der Waals surface area contributed by atoms with Crippen LogP contribution in [0.15, 0.2) is 54.7 Å². The number of ether oxygens (including phenoxy) is 2. The van der Waals surface area contributed by atoms with E-state index in [1.165, 1.54) is 29.0 Å². The number of nitro groups is 1. The fourth-order valence-electron chi connectivity index (χ4n) is 2.76. The van der Waals surface area contributed by atoms with Gasteiger partial charge in [0.15, 0.2) is 0 Å². The Balaban J connectivity index is 1.76. The minimum absolute atomic E-state index is 0.116. The van der Waals surface area contributed by atoms with E-state index in [1.54, 1.807) is 38.6 Å². The van der Waals surface area contributed by atoms with Crippen LogP contribution in [-0.2, 0) is 13.7 Å². The highest BCUT2D eigenvalue weighted by molar-refractivity contribution is 6.32. The van der Waals surface area contributed by atoms with Crippen LogP contribution < -0.4 is 9.47 Å². The van der Waals surface area contributed by atoms with E-state index < -0.39 is 4.92 Å². The second-order valence-electron chi connectivity index (χ2n) is 6.27. The van der Waals surface area contributed by atoms with Gasteiger partial charge in [-0.15, -0.1) is 0 Å². The van der Waals surface area contributed by atoms with Crippen LogP contribution in [0.1, 0.15) is 21.6 Å². The summed E-state index contributed by atoms with van der Waals surface area (Å²) in [6.45, 7) is 0.123. The summed E-state index contributed by atoms with van der Waals surface area (Å²) < 4.78 is 12.6. The second-order valence-corrected chi connectivity index (χ2v) is 6.68. The number of methoxy groups -OCH3 is 1. The van der Waals surface area contributed by atoms with Crippen LogP contribution in [0.3, 0.4) is 0 Å². The molecule has 3 rings (SSSR count). The van der Waals surface area contributed by atoms with Crippen LogP contribution in [0, 0.1) is 10.1 Å². The van der Waals surface area contributed by atoms with Gasteiger partial charge >= 0.3 is 0 Å². The predicted molar refractivity (Wildman–Crippen MR) is 112 cm³/mol. The summed E-state index contributed by atoms with van der Waals surface area (Å²) in [5, 5.41) is 14.9. The SMILES string of the molecule is COc1ccc(/C=C/C(=O)c2ccnn2C)cc1COc1ccc([N+](=O)[O-])cc1Cl. The number of aryl methyl sites for hydroxylation is 1. The lowest BCUT2D eigenvalue weighted by atomic mass is 10.1. The van der Waals surface area contributed by atoms with Crippen molar-refractivity contribution in [1.29, 1.82) is 0 Å². The van der Waals surface area contributed by atoms with Crippen LogP contribution >= 0.6 is 11.6 Å². The summed E-state index contributed by atoms with van der Waals surface area (Å²) in [5.41, 5.74) is 1.87. The molecule has 0 aliphatic carbocycles. The Morgan fingerprint density at radius 2 is 2.00 bits per heavy atom. The normalized spacial score (nSPS) is 10.9. The number of hydrogen-bond acceptors (Lipinski definition) is 6. The van der Waals surface area contributed by atoms with E-state index in [0.29, 0.717) is 17.2 Å². The van der Waals surface area contributed by atoms with E-state index in [0.717, 1.165) is 11.1 Å². The van der Waals surface area contributed by atoms with E-state index in [-0.39, 0.29) is 23.1 Å². The third-order valence-corrected chi connectivity index (χ3v) is 4.61. The molecule has 0 radical (unpaired) electrons. The topological polar surface area (TPSA) is 96.5 Å². The van der Waals surface area contributed by atoms with Crippen molar-refractivity contribution in [3.63, 3.8) is 0 Å². The van der Waals surface area contributed by atoms with Crippen LogP contribution in [0.25, 0.3) is 6.08 Å². The zero-order valence-corrected chi connectivity index (χ0v) is 17.0. The number of benzene rings is 2. The van der Waals surface area contributed by atoms with Gasteiger partial charge in [0.05, 0.1) is 17.1 Å². The molecule has 0 atom stereocenters. The Morgan fingerprint density at radius 3 is 2.63 bits per heavy atom. The van der Waals surface area contributed by atoms with Crippen LogP contribution in [0.4, 0.5) is 5.69 Å². The minimum atomic E-state index is -0.526. The van der Waals surface area contributed by atoms with E-state index >= 15 is 0 Å². The lowest BCUT2D eigenvalue weighted by molar-refractivity contribution is -0.384. The monoisotopic (exact) mass is 427 g/mol. The molecular weight excluding hydrogens is 410 g/mol. The van der Waals surface area contributed by atoms with Crippen molar-refractivity contribution in [2.75, 3.05) is 7.11 Å². The van der Waals surface area contributed by atoms with Gasteiger partial charge in [0.2, 0.25) is 5.78 Å². The molecule has 0 saturated heterocycles. The van der Waals surface area contributed by atoms with E-state index in [4.69, 9.17) is 21.1 Å². The Morgan fingerprint density at radius 1 is 1.23 bits per heavy atom. The number of non-ortho nitro benzene ring substituents is 1. The van der Waals surface area contributed by atoms with Crippen LogP contribution in [0.2, 0.25) is 5.02 Å². The van der Waals surface area contributed by atoms with Gasteiger partial charge in [-0.2, -0.15) is 5.10 Å². The van der Waals surface area contributed by atoms with Gasteiger partial charge in [-0.3, -0.25) is 19.6 Å². The first-order valence-corrected chi connectivity index (χ1v) is 9.21. The number of carbonyl (C=O) groups excluding carboxylic acids is 1. The van der Waals surface area contributed by atoms with Gasteiger partial charge in [0, 0.05) is 30.9 Å². The predicted octanol–water partition coefficient (Wildman–Crippen LogP) is 4.47. The van der Waals surface area contributed by atoms with Crippen molar-refractivity contribution < 1.29 is 19.2 Å². The van der Waals surface area contributed by atoms with E-state index in [1.807, 2.05) is 12.1 Å². The molecule has 0 unspecified atom stereocenters. The molecule has 3 aromatic rings. The molecule has 1 aromatic heterocycles. The number of rotatable bonds is 8. The molecular formula is C21H18ClN3O5. The molecule has 0 aliphatic heterocycles. The number of ketones is 1. The first-order chi connectivity index (χ1) is 14.4. The average molecular weight is 428 g/mol. The molecule has 8 nitrogen and oxygen atoms in total. The molecule has 0 fully saturated rings. The number of halogens is 1. The quantitative estimate of drug-likeness (QED) is 0.228. The number of nitro benzene ring substituents is 1. The zero-order chi connectivity index (χ0) is 21.7. The summed E-state index contributed by atoms with van der Waals surface area (Å²) in [6.07, 6.45) is 4.72. The maximum atomic E-state index is 12.3. The summed E-state index contributed by atoms with van der Waals surface area (Å²) in [4.78, 5) is 22.6. The Bertz CT molecular complexity index is 1120. The summed E-state index contributed by atoms with van der Waals surface area (Å²) >= 11 is 6.07. The van der Waals surface area contributed by atoms with E-state index in [9.17, 15) is 14.9 Å². The minimum Gasteiger partial charge on any atom is -0.496 e. The number of carbonyl (C=O) groups is 1. The molecule has 0 amide bonds. The maximum Gasteiger partial charge on any atom is 0.271 e. The van der Waals surface area contributed by atoms with Crippen molar-refractivity contribution in [2.24, 2.45) is 7.05 Å². The molecule has 0 spiro atoms. The molecule has 30 heavy (non-hydrogen) atoms. The smallest absolute Gasteiger partial charge is 0.271 e. The number of allylic oxidation sites excluding steroid dienone is 1. The molecule has 0 bridgehead atoms. The highest BCUT2D eigenvalue weighted by Crippen LogP contribution is 2.30. The van der Waals surface area contributed by atoms with Crippen molar-refractivity contribution in [1.82, 2.24) is 9.78 Å². The highest BCUT2D eigenvalue weighted by atomic mass is 35.5. The molecule has 0 saturated carbocycles. The molecule has 9 heteroatoms. The molecule has 2 aromatic carbocycles. The van der Waals surface area contributed by atoms with Crippen molar-refractivity contribution >= 4 is 29.1 Å². The first kappa shape index (κ1) is 21.1. The third-order valence-electron chi connectivity index (χ3n) is 4.31. The van der Waals surface area contributed by atoms with Gasteiger partial charge in [-0.05, 0) is 35.9 Å². The summed E-state index contributed by atoms with van der Waals surface area (Å²) in [7, 11) is 3.24. The van der Waals surface area contributed by atoms with Gasteiger partial charge in [0.25, 0.3) is 5.69 Å². The fourth-order valence-corrected chi connectivity index (χ4v) is 2.99. The average Bonchev–Trinajstić information content (AvgIpc) is 3.17. The second kappa shape index (κ2) is 9.23. The van der Waals surface area contributed by atoms with E-state index in [2.05, 4.69) is 5.10 Å². The summed E-state index contributed by atoms with van der Waals surface area (Å²) in [6, 6.07) is 11.1. The standard InChI is InChI=1S/C21H18ClN3O5/c1-24-18(9-10-23-24)19(26)6-3-14-4-7-20(29-2)15(11-14)13-30-21-8-5-16(25(27)28)12-17(21)22/h3-12H,13H2,1-2H3/b6-3+. The van der Waals surface area contributed by atoms with Crippen molar-refractivity contribution in [2.45, 2.75) is 6.61 Å². The molecule has 1 heterocycles. The van der Waals surface area contributed by atoms with Crippen molar-refractivity contribution in [3.8, 4) is 11.5 Å². The zero-order valence-electron chi connectivity index (χ0n) is 16.2. The Labute approximate surface area is 177 Å². The number of hydrogen-bond donors (Lipinski definition) is 0. The number of aromatic nitrogens is 2. The van der Waals surface area contributed by atoms with Crippen LogP contribution in [0.5, 0.6) is 11.5 Å². The van der Waals surface area contributed by atoms with Gasteiger partial charge in [-0.25, -0.2) is 0 Å². The largest absolute Gasteiger partial charge is 0.496 e. The molecule has 0 aliphatic rings. The lowest BCUT2D eigenvalue weighted by Gasteiger charge is -2.12. The van der Waals surface area contributed by atoms with Crippen LogP contribution in [-0.4, -0.2) is 27.6 Å². The highest BCUT2D eigenvalue weighted by Gasteiger charge is 2.12. The molecule has 0 N–H and O–H groups in total. The van der Waals surface area contributed by atoms with Gasteiger partial charge in [-0.1, -0.05) is 23.7 Å².